The molecule has 0 saturated heterocycles. The van der Waals surface area contributed by atoms with Crippen molar-refractivity contribution in [1.29, 1.82) is 0 Å². The first kappa shape index (κ1) is 13.7. The molecular formula is C11H13ClN4O3S. The minimum Gasteiger partial charge on any atom is -0.390 e. The van der Waals surface area contributed by atoms with Gasteiger partial charge in [-0.05, 0) is 0 Å². The maximum absolute atomic E-state index is 12.5. The molecular weight excluding hydrogens is 304 g/mol. The molecule has 0 radical (unpaired) electrons. The summed E-state index contributed by atoms with van der Waals surface area (Å²) in [5, 5.41) is 10.4. The minimum absolute atomic E-state index is 0.0337. The molecule has 3 heterocycles. The van der Waals surface area contributed by atoms with Crippen LogP contribution in [0, 0.1) is 0 Å². The van der Waals surface area contributed by atoms with Gasteiger partial charge in [0.2, 0.25) is 0 Å². The van der Waals surface area contributed by atoms with Crippen LogP contribution in [-0.4, -0.2) is 41.5 Å². The fraction of sp³-hybridized carbons (Fsp3) is 0.545. The zero-order chi connectivity index (χ0) is 14.4. The van der Waals surface area contributed by atoms with Crippen molar-refractivity contribution in [2.75, 3.05) is 11.6 Å². The Bertz CT molecular complexity index is 794. The van der Waals surface area contributed by atoms with E-state index < -0.39 is 17.4 Å². The molecule has 3 rings (SSSR count). The second-order valence-electron chi connectivity index (χ2n) is 4.63. The molecule has 1 atom stereocenters. The lowest BCUT2D eigenvalue weighted by molar-refractivity contribution is 0.173. The molecule has 7 nitrogen and oxygen atoms in total. The van der Waals surface area contributed by atoms with Gasteiger partial charge in [0, 0.05) is 19.3 Å². The first-order valence-electron chi connectivity index (χ1n) is 6.11. The van der Waals surface area contributed by atoms with Crippen LogP contribution in [0.1, 0.15) is 0 Å². The summed E-state index contributed by atoms with van der Waals surface area (Å²) >= 11 is 7.10. The Labute approximate surface area is 122 Å². The third-order valence-electron chi connectivity index (χ3n) is 3.31. The van der Waals surface area contributed by atoms with Crippen molar-refractivity contribution >= 4 is 34.5 Å². The smallest absolute Gasteiger partial charge is 0.332 e. The number of imidazole rings is 1. The molecule has 108 valence electrons. The SMILES string of the molecule is Cn1c(=O)n(CC(O)CCl)c(=O)c2c1nc1n2CCS1. The Balaban J connectivity index is 2.31. The molecule has 0 aromatic carbocycles. The highest BCUT2D eigenvalue weighted by Gasteiger charge is 2.23. The van der Waals surface area contributed by atoms with E-state index in [9.17, 15) is 14.7 Å². The number of alkyl halides is 1. The van der Waals surface area contributed by atoms with Gasteiger partial charge < -0.3 is 9.67 Å². The Hall–Kier alpha value is -1.25. The topological polar surface area (TPSA) is 82.0 Å². The predicted molar refractivity (Wildman–Crippen MR) is 76.7 cm³/mol. The molecule has 1 N–H and O–H groups in total. The number of fused-ring (bicyclic) bond motifs is 3. The van der Waals surface area contributed by atoms with Crippen LogP contribution in [0.2, 0.25) is 0 Å². The normalized spacial score (nSPS) is 15.8. The monoisotopic (exact) mass is 316 g/mol. The summed E-state index contributed by atoms with van der Waals surface area (Å²) in [6.45, 7) is 0.584. The van der Waals surface area contributed by atoms with Crippen molar-refractivity contribution in [2.45, 2.75) is 24.3 Å². The van der Waals surface area contributed by atoms with E-state index in [4.69, 9.17) is 11.6 Å². The lowest BCUT2D eigenvalue weighted by Gasteiger charge is -2.11. The van der Waals surface area contributed by atoms with Gasteiger partial charge in [-0.15, -0.1) is 11.6 Å². The maximum Gasteiger partial charge on any atom is 0.332 e. The van der Waals surface area contributed by atoms with E-state index in [2.05, 4.69) is 4.98 Å². The van der Waals surface area contributed by atoms with Crippen molar-refractivity contribution in [3.8, 4) is 0 Å². The molecule has 0 fully saturated rings. The van der Waals surface area contributed by atoms with Crippen LogP contribution in [0.15, 0.2) is 14.7 Å². The summed E-state index contributed by atoms with van der Waals surface area (Å²) in [6.07, 6.45) is -0.935. The largest absolute Gasteiger partial charge is 0.390 e. The summed E-state index contributed by atoms with van der Waals surface area (Å²) in [4.78, 5) is 29.0. The molecule has 0 spiro atoms. The molecule has 0 aliphatic carbocycles. The molecule has 1 aliphatic heterocycles. The third-order valence-corrected chi connectivity index (χ3v) is 4.63. The zero-order valence-electron chi connectivity index (χ0n) is 10.7. The number of nitrogens with zero attached hydrogens (tertiary/aromatic N) is 4. The van der Waals surface area contributed by atoms with Gasteiger partial charge in [0.15, 0.2) is 16.3 Å². The van der Waals surface area contributed by atoms with Gasteiger partial charge in [-0.1, -0.05) is 11.8 Å². The molecule has 2 aromatic rings. The van der Waals surface area contributed by atoms with Crippen LogP contribution < -0.4 is 11.2 Å². The van der Waals surface area contributed by atoms with Crippen molar-refractivity contribution in [3.05, 3.63) is 20.8 Å². The summed E-state index contributed by atoms with van der Waals surface area (Å²) in [5.41, 5.74) is -0.116. The Kier molecular flexibility index (Phi) is 3.39. The van der Waals surface area contributed by atoms with Crippen molar-refractivity contribution in [3.63, 3.8) is 0 Å². The number of hydrogen-bond acceptors (Lipinski definition) is 5. The van der Waals surface area contributed by atoms with Gasteiger partial charge in [-0.25, -0.2) is 9.78 Å². The second-order valence-corrected chi connectivity index (χ2v) is 6.00. The van der Waals surface area contributed by atoms with Gasteiger partial charge in [0.25, 0.3) is 5.56 Å². The number of aliphatic hydroxyl groups excluding tert-OH is 1. The lowest BCUT2D eigenvalue weighted by atomic mass is 10.4. The van der Waals surface area contributed by atoms with E-state index in [1.165, 1.54) is 4.57 Å². The molecule has 1 aliphatic rings. The minimum atomic E-state index is -0.935. The van der Waals surface area contributed by atoms with Crippen LogP contribution in [-0.2, 0) is 20.1 Å². The molecule has 0 saturated carbocycles. The van der Waals surface area contributed by atoms with E-state index in [-0.39, 0.29) is 12.4 Å². The van der Waals surface area contributed by atoms with Crippen LogP contribution in [0.25, 0.3) is 11.2 Å². The van der Waals surface area contributed by atoms with E-state index in [1.807, 2.05) is 4.57 Å². The molecule has 0 amide bonds. The van der Waals surface area contributed by atoms with E-state index in [1.54, 1.807) is 18.8 Å². The van der Waals surface area contributed by atoms with E-state index in [0.29, 0.717) is 17.7 Å². The number of rotatable bonds is 3. The van der Waals surface area contributed by atoms with Gasteiger partial charge in [-0.3, -0.25) is 13.9 Å². The van der Waals surface area contributed by atoms with Gasteiger partial charge >= 0.3 is 5.69 Å². The first-order chi connectivity index (χ1) is 9.54. The molecule has 1 unspecified atom stereocenters. The fourth-order valence-electron chi connectivity index (χ4n) is 2.32. The summed E-state index contributed by atoms with van der Waals surface area (Å²) in [7, 11) is 1.57. The summed E-state index contributed by atoms with van der Waals surface area (Å²) < 4.78 is 4.18. The Morgan fingerprint density at radius 1 is 1.50 bits per heavy atom. The predicted octanol–water partition coefficient (Wildman–Crippen LogP) is -0.398. The Morgan fingerprint density at radius 3 is 2.95 bits per heavy atom. The average Bonchev–Trinajstić information content (AvgIpc) is 3.01. The average molecular weight is 317 g/mol. The first-order valence-corrected chi connectivity index (χ1v) is 7.63. The van der Waals surface area contributed by atoms with Gasteiger partial charge in [-0.2, -0.15) is 0 Å². The number of hydrogen-bond donors (Lipinski definition) is 1. The number of halogens is 1. The van der Waals surface area contributed by atoms with Crippen LogP contribution in [0.5, 0.6) is 0 Å². The lowest BCUT2D eigenvalue weighted by Crippen LogP contribution is -2.42. The van der Waals surface area contributed by atoms with E-state index in [0.717, 1.165) is 15.5 Å². The van der Waals surface area contributed by atoms with Crippen molar-refractivity contribution in [2.24, 2.45) is 7.05 Å². The number of aromatic nitrogens is 4. The Morgan fingerprint density at radius 2 is 2.25 bits per heavy atom. The number of thioether (sulfide) groups is 1. The molecule has 9 heteroatoms. The zero-order valence-corrected chi connectivity index (χ0v) is 12.3. The summed E-state index contributed by atoms with van der Waals surface area (Å²) in [6, 6.07) is 0. The number of aliphatic hydroxyl groups is 1. The number of aryl methyl sites for hydroxylation is 2. The maximum atomic E-state index is 12.5. The fourth-order valence-corrected chi connectivity index (χ4v) is 3.36. The van der Waals surface area contributed by atoms with Gasteiger partial charge in [0.05, 0.1) is 18.5 Å². The van der Waals surface area contributed by atoms with Crippen LogP contribution >= 0.6 is 23.4 Å². The van der Waals surface area contributed by atoms with Crippen molar-refractivity contribution in [1.82, 2.24) is 18.7 Å². The molecule has 20 heavy (non-hydrogen) atoms. The van der Waals surface area contributed by atoms with Gasteiger partial charge in [0.1, 0.15) is 0 Å². The van der Waals surface area contributed by atoms with Crippen LogP contribution in [0.4, 0.5) is 0 Å². The highest BCUT2D eigenvalue weighted by Crippen LogP contribution is 2.27. The molecule has 0 bridgehead atoms. The van der Waals surface area contributed by atoms with Crippen LogP contribution in [0.3, 0.4) is 0 Å². The summed E-state index contributed by atoms with van der Waals surface area (Å²) in [5.74, 6) is 0.832. The second kappa shape index (κ2) is 4.94. The highest BCUT2D eigenvalue weighted by molar-refractivity contribution is 7.99. The highest BCUT2D eigenvalue weighted by atomic mass is 35.5. The quantitative estimate of drug-likeness (QED) is 0.779. The third kappa shape index (κ3) is 1.90. The van der Waals surface area contributed by atoms with Crippen molar-refractivity contribution < 1.29 is 5.11 Å². The van der Waals surface area contributed by atoms with E-state index >= 15 is 0 Å². The molecule has 2 aromatic heterocycles. The standard InChI is InChI=1S/C11H13ClN4O3S/c1-14-8-7(15-2-3-20-10(15)13-8)9(18)16(11(14)19)5-6(17)4-12/h6,17H,2-5H2,1H3.